The van der Waals surface area contributed by atoms with Gasteiger partial charge in [0.1, 0.15) is 5.82 Å². The van der Waals surface area contributed by atoms with Gasteiger partial charge in [0.2, 0.25) is 5.91 Å². The molecule has 2 heterocycles. The first-order valence-corrected chi connectivity index (χ1v) is 11.8. The van der Waals surface area contributed by atoms with E-state index in [0.717, 1.165) is 55.0 Å². The molecule has 3 aliphatic rings. The molecular weight excluding hydrogens is 360 g/mol. The van der Waals surface area contributed by atoms with Crippen LogP contribution in [-0.4, -0.2) is 40.4 Å². The average molecular weight is 395 g/mol. The number of hydrogen-bond acceptors (Lipinski definition) is 3. The third kappa shape index (κ3) is 3.94. The van der Waals surface area contributed by atoms with Gasteiger partial charge < -0.3 is 15.2 Å². The monoisotopic (exact) mass is 394 g/mol. The van der Waals surface area contributed by atoms with Crippen molar-refractivity contribution in [2.24, 2.45) is 5.41 Å². The lowest BCUT2D eigenvalue weighted by atomic mass is 9.84. The molecule has 1 amide bonds. The van der Waals surface area contributed by atoms with Crippen LogP contribution < -0.4 is 5.32 Å². The highest BCUT2D eigenvalue weighted by Crippen LogP contribution is 2.41. The van der Waals surface area contributed by atoms with Crippen molar-refractivity contribution in [2.75, 3.05) is 25.0 Å². The molecule has 0 radical (unpaired) electrons. The smallest absolute Gasteiger partial charge is 0.231 e. The van der Waals surface area contributed by atoms with Crippen LogP contribution in [0.25, 0.3) is 11.0 Å². The predicted molar refractivity (Wildman–Crippen MR) is 117 cm³/mol. The number of H-pyrrole nitrogens is 1. The van der Waals surface area contributed by atoms with E-state index >= 15 is 0 Å². The molecule has 0 atom stereocenters. The Bertz CT molecular complexity index is 855. The summed E-state index contributed by atoms with van der Waals surface area (Å²) in [5.74, 6) is 1.93. The first-order chi connectivity index (χ1) is 14.2. The summed E-state index contributed by atoms with van der Waals surface area (Å²) >= 11 is 0. The average Bonchev–Trinajstić information content (AvgIpc) is 3.22. The molecule has 2 saturated carbocycles. The minimum Gasteiger partial charge on any atom is -0.342 e. The second kappa shape index (κ2) is 8.10. The lowest BCUT2D eigenvalue weighted by Crippen LogP contribution is -2.44. The maximum absolute atomic E-state index is 13.4. The van der Waals surface area contributed by atoms with Gasteiger partial charge in [-0.25, -0.2) is 4.98 Å². The first-order valence-electron chi connectivity index (χ1n) is 11.8. The fourth-order valence-corrected chi connectivity index (χ4v) is 5.48. The highest BCUT2D eigenvalue weighted by atomic mass is 16.2. The highest BCUT2D eigenvalue weighted by Gasteiger charge is 2.42. The van der Waals surface area contributed by atoms with Gasteiger partial charge in [0.15, 0.2) is 0 Å². The summed E-state index contributed by atoms with van der Waals surface area (Å²) < 4.78 is 0. The molecule has 5 nitrogen and oxygen atoms in total. The molecule has 29 heavy (non-hydrogen) atoms. The number of carbonyl (C=O) groups is 1. The van der Waals surface area contributed by atoms with E-state index in [4.69, 9.17) is 4.98 Å². The second-order valence-electron chi connectivity index (χ2n) is 9.61. The van der Waals surface area contributed by atoms with Crippen LogP contribution in [0.3, 0.4) is 0 Å². The molecule has 5 heteroatoms. The van der Waals surface area contributed by atoms with Crippen LogP contribution in [0.1, 0.15) is 82.4 Å². The minimum atomic E-state index is -0.218. The van der Waals surface area contributed by atoms with Crippen LogP contribution in [0.15, 0.2) is 18.2 Å². The van der Waals surface area contributed by atoms with Crippen molar-refractivity contribution in [2.45, 2.75) is 76.5 Å². The van der Waals surface area contributed by atoms with Crippen molar-refractivity contribution >= 4 is 22.6 Å². The molecule has 5 rings (SSSR count). The maximum atomic E-state index is 13.4. The first kappa shape index (κ1) is 19.1. The Hall–Kier alpha value is -1.88. The zero-order chi connectivity index (χ0) is 19.7. The van der Waals surface area contributed by atoms with Gasteiger partial charge in [0.25, 0.3) is 0 Å². The number of nitrogens with zero attached hydrogens (tertiary/aromatic N) is 2. The molecule has 0 spiro atoms. The lowest BCUT2D eigenvalue weighted by molar-refractivity contribution is -0.126. The molecule has 1 aromatic carbocycles. The fourth-order valence-electron chi connectivity index (χ4n) is 5.48. The van der Waals surface area contributed by atoms with E-state index in [9.17, 15) is 4.79 Å². The maximum Gasteiger partial charge on any atom is 0.231 e. The van der Waals surface area contributed by atoms with Gasteiger partial charge in [-0.1, -0.05) is 32.1 Å². The van der Waals surface area contributed by atoms with E-state index < -0.39 is 0 Å². The van der Waals surface area contributed by atoms with Crippen molar-refractivity contribution in [1.82, 2.24) is 14.9 Å². The van der Waals surface area contributed by atoms with Gasteiger partial charge in [-0.05, 0) is 69.8 Å². The summed E-state index contributed by atoms with van der Waals surface area (Å²) in [7, 11) is 0. The van der Waals surface area contributed by atoms with Crippen LogP contribution in [0, 0.1) is 5.41 Å². The van der Waals surface area contributed by atoms with Crippen molar-refractivity contribution in [1.29, 1.82) is 0 Å². The largest absolute Gasteiger partial charge is 0.342 e. The van der Waals surface area contributed by atoms with Crippen molar-refractivity contribution in [3.8, 4) is 0 Å². The van der Waals surface area contributed by atoms with Crippen molar-refractivity contribution < 1.29 is 4.79 Å². The molecule has 1 aromatic heterocycles. The molecule has 1 saturated heterocycles. The summed E-state index contributed by atoms with van der Waals surface area (Å²) in [5.41, 5.74) is 2.72. The summed E-state index contributed by atoms with van der Waals surface area (Å²) in [5, 5.41) is 3.28. The predicted octanol–water partition coefficient (Wildman–Crippen LogP) is 5.21. The molecular formula is C24H34N4O. The summed E-state index contributed by atoms with van der Waals surface area (Å²) in [4.78, 5) is 24.2. The SMILES string of the molecule is O=C(Nc1ccc2nc(C3CCC3)[nH]c2c1)C1(CN2CCCCCC2)CCCC1. The second-order valence-corrected chi connectivity index (χ2v) is 9.61. The Morgan fingerprint density at radius 3 is 2.52 bits per heavy atom. The van der Waals surface area contributed by atoms with Crippen LogP contribution in [0.5, 0.6) is 0 Å². The number of carbonyl (C=O) groups excluding carboxylic acids is 1. The Labute approximate surface area is 173 Å². The van der Waals surface area contributed by atoms with Crippen LogP contribution in [0.4, 0.5) is 5.69 Å². The number of aromatic nitrogens is 2. The molecule has 2 N–H and O–H groups in total. The van der Waals surface area contributed by atoms with Crippen LogP contribution in [-0.2, 0) is 4.79 Å². The third-order valence-corrected chi connectivity index (χ3v) is 7.52. The summed E-state index contributed by atoms with van der Waals surface area (Å²) in [6.07, 6.45) is 13.4. The molecule has 1 aliphatic heterocycles. The van der Waals surface area contributed by atoms with E-state index in [0.29, 0.717) is 5.92 Å². The molecule has 3 fully saturated rings. The number of rotatable bonds is 5. The van der Waals surface area contributed by atoms with Gasteiger partial charge >= 0.3 is 0 Å². The van der Waals surface area contributed by atoms with Crippen molar-refractivity contribution in [3.05, 3.63) is 24.0 Å². The number of nitrogens with one attached hydrogen (secondary N) is 2. The summed E-state index contributed by atoms with van der Waals surface area (Å²) in [6.45, 7) is 3.23. The molecule has 156 valence electrons. The van der Waals surface area contributed by atoms with E-state index in [2.05, 4.69) is 21.3 Å². The summed E-state index contributed by atoms with van der Waals surface area (Å²) in [6, 6.07) is 6.12. The Morgan fingerprint density at radius 2 is 1.83 bits per heavy atom. The van der Waals surface area contributed by atoms with Crippen LogP contribution in [0.2, 0.25) is 0 Å². The Morgan fingerprint density at radius 1 is 1.07 bits per heavy atom. The molecule has 2 aliphatic carbocycles. The number of fused-ring (bicyclic) bond motifs is 1. The van der Waals surface area contributed by atoms with E-state index in [1.54, 1.807) is 0 Å². The molecule has 2 aromatic rings. The number of anilines is 1. The van der Waals surface area contributed by atoms with E-state index in [1.165, 1.54) is 57.8 Å². The standard InChI is InChI=1S/C24H34N4O/c29-23(24(12-3-4-13-24)17-28-14-5-1-2-6-15-28)25-19-10-11-20-21(16-19)27-22(26-20)18-8-7-9-18/h10-11,16,18H,1-9,12-15,17H2,(H,25,29)(H,26,27). The third-order valence-electron chi connectivity index (χ3n) is 7.52. The van der Waals surface area contributed by atoms with E-state index in [1.807, 2.05) is 12.1 Å². The van der Waals surface area contributed by atoms with Crippen molar-refractivity contribution in [3.63, 3.8) is 0 Å². The number of benzene rings is 1. The number of imidazole rings is 1. The normalized spacial score (nSPS) is 23.0. The Kier molecular flexibility index (Phi) is 5.33. The molecule has 0 unspecified atom stereocenters. The van der Waals surface area contributed by atoms with Gasteiger partial charge in [-0.15, -0.1) is 0 Å². The van der Waals surface area contributed by atoms with Gasteiger partial charge in [0, 0.05) is 18.2 Å². The van der Waals surface area contributed by atoms with Crippen LogP contribution >= 0.6 is 0 Å². The number of likely N-dealkylation sites (tertiary alicyclic amines) is 1. The quantitative estimate of drug-likeness (QED) is 0.732. The Balaban J connectivity index is 1.31. The number of hydrogen-bond donors (Lipinski definition) is 2. The highest BCUT2D eigenvalue weighted by molar-refractivity contribution is 5.97. The zero-order valence-corrected chi connectivity index (χ0v) is 17.5. The zero-order valence-electron chi connectivity index (χ0n) is 17.5. The minimum absolute atomic E-state index is 0.218. The van der Waals surface area contributed by atoms with Gasteiger partial charge in [0.05, 0.1) is 16.4 Å². The lowest BCUT2D eigenvalue weighted by Gasteiger charge is -2.33. The van der Waals surface area contributed by atoms with Gasteiger partial charge in [-0.3, -0.25) is 4.79 Å². The number of amides is 1. The topological polar surface area (TPSA) is 61.0 Å². The van der Waals surface area contributed by atoms with E-state index in [-0.39, 0.29) is 11.3 Å². The van der Waals surface area contributed by atoms with Gasteiger partial charge in [-0.2, -0.15) is 0 Å². The fraction of sp³-hybridized carbons (Fsp3) is 0.667. The number of aromatic amines is 1. The molecule has 0 bridgehead atoms.